The highest BCUT2D eigenvalue weighted by Gasteiger charge is 2.41. The van der Waals surface area contributed by atoms with E-state index in [0.717, 1.165) is 57.6 Å². The first kappa shape index (κ1) is 58.5. The summed E-state index contributed by atoms with van der Waals surface area (Å²) in [6.45, 7) is 19.2. The molecule has 84 heavy (non-hydrogen) atoms. The molecule has 2 fully saturated rings. The quantitative estimate of drug-likeness (QED) is 0.0530. The second-order valence-electron chi connectivity index (χ2n) is 24.8. The maximum Gasteiger partial charge on any atom is 0.408 e. The number of aromatic nitrogens is 4. The van der Waals surface area contributed by atoms with Gasteiger partial charge in [-0.1, -0.05) is 88.4 Å². The zero-order valence-corrected chi connectivity index (χ0v) is 49.4. The molecule has 6 N–H and O–H groups in total. The van der Waals surface area contributed by atoms with Gasteiger partial charge in [0.05, 0.1) is 35.9 Å². The number of nitrogens with zero attached hydrogens (tertiary/aromatic N) is 4. The Hall–Kier alpha value is -8.68. The van der Waals surface area contributed by atoms with Crippen LogP contribution in [-0.2, 0) is 41.9 Å². The molecule has 0 spiro atoms. The minimum Gasteiger partial charge on any atom is -0.488 e. The Morgan fingerprint density at radius 2 is 0.940 bits per heavy atom. The van der Waals surface area contributed by atoms with Crippen molar-refractivity contribution < 1.29 is 47.7 Å². The Bertz CT molecular complexity index is 3160. The number of likely N-dealkylation sites (tertiary alicyclic amines) is 2. The Morgan fingerprint density at radius 3 is 1.30 bits per heavy atom. The van der Waals surface area contributed by atoms with Crippen molar-refractivity contribution in [2.45, 2.75) is 156 Å². The number of benzene rings is 4. The number of carbonyl (C=O) groups excluding carboxylic acids is 6. The first-order valence-corrected chi connectivity index (χ1v) is 29.0. The third kappa shape index (κ3) is 12.8. The predicted molar refractivity (Wildman–Crippen MR) is 314 cm³/mol. The van der Waals surface area contributed by atoms with Crippen LogP contribution in [-0.4, -0.2) is 102 Å². The molecule has 10 rings (SSSR count). The molecule has 0 aliphatic carbocycles. The summed E-state index contributed by atoms with van der Waals surface area (Å²) in [4.78, 5) is 103. The standard InChI is InChI=1S/C64H76N10O10/c1-35(2)51(71-61(79)83-63(5,6)7)57(75)69-53(37-19-13-11-14-20-37)59(77)73-25-17-23-45(73)55-65-31-43(67-55)39-27-41-33-82-48-30-40(28-42-34-81-47(29-39)49(41)50(42)48)44-32-66-56(68-44)46-24-18-26-74(46)60(78)54(38-21-15-12-16-22-38)70-58(76)52(36(3)4)72-62(80)84-64(8,9)10/h11-16,19-22,27-32,35-36,45-46,51-54H,17-18,23-26,33-34H2,1-10H3,(H,65,67)(H,66,68)(H,69,75)(H,70,76)(H,71,79)(H,72,80)/t45-,46-,51-,52-,53+,54+/m0/s1. The Balaban J connectivity index is 0.844. The number of imidazole rings is 2. The highest BCUT2D eigenvalue weighted by molar-refractivity contribution is 5.94. The number of ether oxygens (including phenoxy) is 4. The van der Waals surface area contributed by atoms with Crippen molar-refractivity contribution in [3.8, 4) is 45.1 Å². The highest BCUT2D eigenvalue weighted by atomic mass is 16.6. The molecule has 20 heteroatoms. The van der Waals surface area contributed by atoms with E-state index in [9.17, 15) is 28.8 Å². The number of hydrogen-bond acceptors (Lipinski definition) is 12. The van der Waals surface area contributed by atoms with E-state index in [0.29, 0.717) is 60.2 Å². The van der Waals surface area contributed by atoms with Gasteiger partial charge in [0.1, 0.15) is 71.7 Å². The zero-order chi connectivity index (χ0) is 59.8. The van der Waals surface area contributed by atoms with Gasteiger partial charge >= 0.3 is 12.2 Å². The first-order valence-electron chi connectivity index (χ1n) is 29.0. The lowest BCUT2D eigenvalue weighted by Gasteiger charge is -2.31. The van der Waals surface area contributed by atoms with Crippen LogP contribution in [0.1, 0.15) is 153 Å². The van der Waals surface area contributed by atoms with E-state index in [1.54, 1.807) is 88.0 Å². The van der Waals surface area contributed by atoms with E-state index in [2.05, 4.69) is 43.4 Å². The average molecular weight is 1150 g/mol. The Kier molecular flexibility index (Phi) is 16.6. The Morgan fingerprint density at radius 1 is 0.560 bits per heavy atom. The molecule has 2 aromatic heterocycles. The van der Waals surface area contributed by atoms with Crippen molar-refractivity contribution >= 4 is 35.8 Å². The summed E-state index contributed by atoms with van der Waals surface area (Å²) in [5.41, 5.74) is 6.66. The van der Waals surface area contributed by atoms with E-state index in [1.807, 2.05) is 76.2 Å². The van der Waals surface area contributed by atoms with E-state index in [-0.39, 0.29) is 36.9 Å². The van der Waals surface area contributed by atoms with Gasteiger partial charge in [0, 0.05) is 46.5 Å². The van der Waals surface area contributed by atoms with Crippen LogP contribution in [0, 0.1) is 11.8 Å². The summed E-state index contributed by atoms with van der Waals surface area (Å²) in [5.74, 6) is 0.449. The average Bonchev–Trinajstić information content (AvgIpc) is 3.71. The Labute approximate surface area is 489 Å². The number of H-pyrrole nitrogens is 2. The van der Waals surface area contributed by atoms with Gasteiger partial charge in [-0.2, -0.15) is 0 Å². The summed E-state index contributed by atoms with van der Waals surface area (Å²) in [6, 6.07) is 21.6. The minimum atomic E-state index is -1.03. The van der Waals surface area contributed by atoms with Gasteiger partial charge in [-0.3, -0.25) is 19.2 Å². The molecule has 2 saturated heterocycles. The molecule has 4 aliphatic heterocycles. The molecule has 6 amide bonds. The molecule has 0 saturated carbocycles. The molecule has 6 aromatic rings. The topological polar surface area (TPSA) is 251 Å². The SMILES string of the molecule is CC(C)[C@H](NC(=O)OC(C)(C)C)C(=O)N[C@@H](C(=O)N1CCC[C@H]1c1ncc(-c2cc3c4c(c2)OCc2cc(-c5cnc([C@@H]6CCCN6C(=O)[C@H](NC(=O)[C@@H](NC(=O)OC(C)(C)C)C(C)C)c6ccccc6)[nH]5)cc(c2-4)OC3)[nH]1)c1ccccc1. The molecule has 4 aromatic carbocycles. The van der Waals surface area contributed by atoms with Crippen molar-refractivity contribution in [2.24, 2.45) is 11.8 Å². The first-order chi connectivity index (χ1) is 40.0. The van der Waals surface area contributed by atoms with E-state index >= 15 is 0 Å². The van der Waals surface area contributed by atoms with Crippen LogP contribution in [0.3, 0.4) is 0 Å². The summed E-state index contributed by atoms with van der Waals surface area (Å²) in [7, 11) is 0. The van der Waals surface area contributed by atoms with E-state index < -0.39 is 71.5 Å². The van der Waals surface area contributed by atoms with Crippen molar-refractivity contribution in [1.29, 1.82) is 0 Å². The molecule has 4 aliphatic rings. The maximum absolute atomic E-state index is 14.7. The number of aromatic amines is 2. The predicted octanol–water partition coefficient (Wildman–Crippen LogP) is 10.1. The molecule has 0 radical (unpaired) electrons. The molecular formula is C64H76N10O10. The zero-order valence-electron chi connectivity index (χ0n) is 49.4. The van der Waals surface area contributed by atoms with Crippen LogP contribution in [0.2, 0.25) is 0 Å². The van der Waals surface area contributed by atoms with Gasteiger partial charge in [-0.15, -0.1) is 0 Å². The monoisotopic (exact) mass is 1140 g/mol. The van der Waals surface area contributed by atoms with Gasteiger partial charge in [-0.05, 0) is 114 Å². The summed E-state index contributed by atoms with van der Waals surface area (Å²) in [5, 5.41) is 11.4. The number of alkyl carbamates (subject to hydrolysis) is 2. The van der Waals surface area contributed by atoms with Crippen molar-refractivity contribution in [3.63, 3.8) is 0 Å². The van der Waals surface area contributed by atoms with Crippen molar-refractivity contribution in [3.05, 3.63) is 131 Å². The maximum atomic E-state index is 14.7. The van der Waals surface area contributed by atoms with E-state index in [1.165, 1.54) is 0 Å². The lowest BCUT2D eigenvalue weighted by atomic mass is 9.87. The molecule has 0 unspecified atom stereocenters. The third-order valence-electron chi connectivity index (χ3n) is 15.5. The van der Waals surface area contributed by atoms with Crippen LogP contribution in [0.5, 0.6) is 11.5 Å². The fourth-order valence-electron chi connectivity index (χ4n) is 11.5. The lowest BCUT2D eigenvalue weighted by Crippen LogP contribution is -2.53. The molecular weight excluding hydrogens is 1070 g/mol. The second kappa shape index (κ2) is 23.9. The van der Waals surface area contributed by atoms with Crippen molar-refractivity contribution in [1.82, 2.24) is 51.0 Å². The van der Waals surface area contributed by atoms with Crippen LogP contribution in [0.4, 0.5) is 9.59 Å². The fraction of sp³-hybridized carbons (Fsp3) is 0.438. The number of amides is 6. The van der Waals surface area contributed by atoms with Gasteiger partial charge in [0.25, 0.3) is 0 Å². The van der Waals surface area contributed by atoms with Crippen LogP contribution >= 0.6 is 0 Å². The van der Waals surface area contributed by atoms with E-state index in [4.69, 9.17) is 28.9 Å². The van der Waals surface area contributed by atoms with Gasteiger partial charge in [0.2, 0.25) is 23.6 Å². The number of rotatable bonds is 16. The summed E-state index contributed by atoms with van der Waals surface area (Å²) < 4.78 is 24.0. The van der Waals surface area contributed by atoms with Gasteiger partial charge in [-0.25, -0.2) is 19.6 Å². The summed E-state index contributed by atoms with van der Waals surface area (Å²) in [6.07, 6.45) is 4.86. The van der Waals surface area contributed by atoms with Crippen molar-refractivity contribution in [2.75, 3.05) is 13.1 Å². The molecule has 0 bridgehead atoms. The number of nitrogens with one attached hydrogen (secondary N) is 6. The van der Waals surface area contributed by atoms with Crippen LogP contribution in [0.15, 0.2) is 97.3 Å². The molecule has 20 nitrogen and oxygen atoms in total. The molecule has 442 valence electrons. The number of carbonyl (C=O) groups is 6. The molecule has 6 heterocycles. The number of hydrogen-bond donors (Lipinski definition) is 6. The normalized spacial score (nSPS) is 17.7. The highest BCUT2D eigenvalue weighted by Crippen LogP contribution is 2.51. The summed E-state index contributed by atoms with van der Waals surface area (Å²) >= 11 is 0. The molecule has 6 atom stereocenters. The minimum absolute atomic E-state index is 0.278. The second-order valence-corrected chi connectivity index (χ2v) is 24.8. The third-order valence-corrected chi connectivity index (χ3v) is 15.5. The van der Waals surface area contributed by atoms with Crippen LogP contribution < -0.4 is 30.7 Å². The largest absolute Gasteiger partial charge is 0.488 e. The lowest BCUT2D eigenvalue weighted by molar-refractivity contribution is -0.138. The van der Waals surface area contributed by atoms with Gasteiger partial charge in [0.15, 0.2) is 0 Å². The smallest absolute Gasteiger partial charge is 0.408 e. The fourth-order valence-corrected chi connectivity index (χ4v) is 11.5. The van der Waals surface area contributed by atoms with Gasteiger partial charge < -0.3 is 60.0 Å². The van der Waals surface area contributed by atoms with Crippen LogP contribution in [0.25, 0.3) is 33.6 Å².